The molecule has 1 rings (SSSR count). The molecule has 0 atom stereocenters. The van der Waals surface area contributed by atoms with E-state index < -0.39 is 0 Å². The second-order valence-corrected chi connectivity index (χ2v) is 2.21. The van der Waals surface area contributed by atoms with Crippen LogP contribution in [0.1, 0.15) is 18.5 Å². The van der Waals surface area contributed by atoms with Crippen LogP contribution in [0.15, 0.2) is 6.20 Å². The van der Waals surface area contributed by atoms with Crippen LogP contribution in [0.3, 0.4) is 0 Å². The fourth-order valence-corrected chi connectivity index (χ4v) is 0.798. The third kappa shape index (κ3) is 3.95. The lowest BCUT2D eigenvalue weighted by molar-refractivity contribution is 0.729. The van der Waals surface area contributed by atoms with Gasteiger partial charge in [0.2, 0.25) is 0 Å². The first-order valence-corrected chi connectivity index (χ1v) is 3.49. The van der Waals surface area contributed by atoms with Crippen molar-refractivity contribution in [1.82, 2.24) is 15.4 Å². The molecule has 0 fully saturated rings. The van der Waals surface area contributed by atoms with Gasteiger partial charge in [0.05, 0.1) is 5.69 Å². The Labute approximate surface area is 72.0 Å². The van der Waals surface area contributed by atoms with E-state index in [0.717, 1.165) is 31.5 Å². The molecule has 0 amide bonds. The first-order chi connectivity index (χ1) is 4.93. The molecule has 5 heteroatoms. The summed E-state index contributed by atoms with van der Waals surface area (Å²) in [6.07, 6.45) is 4.96. The van der Waals surface area contributed by atoms with Crippen molar-refractivity contribution in [2.75, 3.05) is 6.54 Å². The van der Waals surface area contributed by atoms with E-state index in [1.807, 2.05) is 6.20 Å². The summed E-state index contributed by atoms with van der Waals surface area (Å²) in [6, 6.07) is 0. The second-order valence-electron chi connectivity index (χ2n) is 2.21. The number of hydrogen-bond donors (Lipinski definition) is 2. The molecule has 11 heavy (non-hydrogen) atoms. The van der Waals surface area contributed by atoms with E-state index in [0.29, 0.717) is 0 Å². The van der Waals surface area contributed by atoms with E-state index in [1.54, 1.807) is 0 Å². The number of nitrogens with two attached hydrogens (primary N) is 1. The lowest BCUT2D eigenvalue weighted by Gasteiger charge is -1.91. The van der Waals surface area contributed by atoms with Gasteiger partial charge in [-0.25, -0.2) is 0 Å². The van der Waals surface area contributed by atoms with Crippen LogP contribution in [0.5, 0.6) is 0 Å². The zero-order valence-electron chi connectivity index (χ0n) is 6.29. The molecule has 3 N–H and O–H groups in total. The first kappa shape index (κ1) is 10.4. The van der Waals surface area contributed by atoms with Crippen molar-refractivity contribution < 1.29 is 0 Å². The van der Waals surface area contributed by atoms with E-state index in [2.05, 4.69) is 15.4 Å². The van der Waals surface area contributed by atoms with Crippen LogP contribution in [0, 0.1) is 0 Å². The molecule has 0 unspecified atom stereocenters. The molecule has 0 aliphatic heterocycles. The summed E-state index contributed by atoms with van der Waals surface area (Å²) >= 11 is 0. The number of nitrogens with one attached hydrogen (secondary N) is 1. The Balaban J connectivity index is 0.000001000. The molecular formula is C6H13ClN4. The predicted molar refractivity (Wildman–Crippen MR) is 45.6 cm³/mol. The van der Waals surface area contributed by atoms with Gasteiger partial charge in [-0.15, -0.1) is 17.5 Å². The number of nitrogens with zero attached hydrogens (tertiary/aromatic N) is 2. The highest BCUT2D eigenvalue weighted by molar-refractivity contribution is 5.85. The van der Waals surface area contributed by atoms with Gasteiger partial charge in [0.1, 0.15) is 0 Å². The molecule has 64 valence electrons. The van der Waals surface area contributed by atoms with Gasteiger partial charge < -0.3 is 5.73 Å². The van der Waals surface area contributed by atoms with E-state index in [1.165, 1.54) is 0 Å². The Bertz CT molecular complexity index is 163. The van der Waals surface area contributed by atoms with Crippen molar-refractivity contribution in [2.45, 2.75) is 19.3 Å². The average molecular weight is 177 g/mol. The molecule has 0 spiro atoms. The number of aromatic amines is 1. The molecule has 1 heterocycles. The maximum atomic E-state index is 5.32. The van der Waals surface area contributed by atoms with Crippen LogP contribution in [-0.4, -0.2) is 22.0 Å². The van der Waals surface area contributed by atoms with Crippen LogP contribution in [-0.2, 0) is 6.42 Å². The molecule has 0 aliphatic rings. The normalized spacial score (nSPS) is 9.18. The van der Waals surface area contributed by atoms with Gasteiger partial charge in [0, 0.05) is 6.20 Å². The monoisotopic (exact) mass is 176 g/mol. The fourth-order valence-electron chi connectivity index (χ4n) is 0.798. The van der Waals surface area contributed by atoms with Gasteiger partial charge in [0.15, 0.2) is 0 Å². The molecule has 0 aromatic carbocycles. The minimum absolute atomic E-state index is 0. The summed E-state index contributed by atoms with van der Waals surface area (Å²) in [4.78, 5) is 0. The van der Waals surface area contributed by atoms with Gasteiger partial charge >= 0.3 is 0 Å². The Morgan fingerprint density at radius 1 is 1.45 bits per heavy atom. The van der Waals surface area contributed by atoms with Gasteiger partial charge in [-0.1, -0.05) is 5.21 Å². The van der Waals surface area contributed by atoms with Crippen molar-refractivity contribution in [3.05, 3.63) is 11.9 Å². The number of H-pyrrole nitrogens is 1. The van der Waals surface area contributed by atoms with Crippen LogP contribution >= 0.6 is 12.4 Å². The summed E-state index contributed by atoms with van der Waals surface area (Å²) in [5.74, 6) is 0. The summed E-state index contributed by atoms with van der Waals surface area (Å²) in [7, 11) is 0. The van der Waals surface area contributed by atoms with E-state index in [9.17, 15) is 0 Å². The van der Waals surface area contributed by atoms with Crippen LogP contribution in [0.2, 0.25) is 0 Å². The zero-order valence-corrected chi connectivity index (χ0v) is 7.10. The van der Waals surface area contributed by atoms with Crippen molar-refractivity contribution in [3.63, 3.8) is 0 Å². The molecule has 0 saturated heterocycles. The van der Waals surface area contributed by atoms with Crippen molar-refractivity contribution in [3.8, 4) is 0 Å². The van der Waals surface area contributed by atoms with Crippen molar-refractivity contribution in [2.24, 2.45) is 5.73 Å². The summed E-state index contributed by atoms with van der Waals surface area (Å²) in [6.45, 7) is 0.762. The highest BCUT2D eigenvalue weighted by Gasteiger charge is 1.93. The van der Waals surface area contributed by atoms with Gasteiger partial charge in [-0.2, -0.15) is 0 Å². The maximum Gasteiger partial charge on any atom is 0.0824 e. The summed E-state index contributed by atoms with van der Waals surface area (Å²) < 4.78 is 0. The maximum absolute atomic E-state index is 5.32. The molecule has 0 bridgehead atoms. The minimum Gasteiger partial charge on any atom is -0.330 e. The fraction of sp³-hybridized carbons (Fsp3) is 0.667. The summed E-state index contributed by atoms with van der Waals surface area (Å²) in [5.41, 5.74) is 6.35. The molecule has 0 radical (unpaired) electrons. The third-order valence-electron chi connectivity index (χ3n) is 1.35. The van der Waals surface area contributed by atoms with Crippen LogP contribution in [0.25, 0.3) is 0 Å². The lowest BCUT2D eigenvalue weighted by atomic mass is 10.2. The van der Waals surface area contributed by atoms with Gasteiger partial charge in [-0.3, -0.25) is 5.10 Å². The Kier molecular flexibility index (Phi) is 5.78. The highest BCUT2D eigenvalue weighted by Crippen LogP contribution is 1.96. The molecule has 0 saturated carbocycles. The number of aromatic nitrogens is 3. The Hall–Kier alpha value is -0.610. The van der Waals surface area contributed by atoms with Crippen molar-refractivity contribution >= 4 is 12.4 Å². The minimum atomic E-state index is 0. The predicted octanol–water partition coefficient (Wildman–Crippen LogP) is 0.508. The number of hydrogen-bond acceptors (Lipinski definition) is 3. The Morgan fingerprint density at radius 3 is 2.82 bits per heavy atom. The standard InChI is InChI=1S/C6H12N4.ClH/c7-4-2-1-3-6-5-8-10-9-6;/h5H,1-4,7H2,(H,8,9,10);1H. The molecular weight excluding hydrogens is 164 g/mol. The Morgan fingerprint density at radius 2 is 2.27 bits per heavy atom. The largest absolute Gasteiger partial charge is 0.330 e. The van der Waals surface area contributed by atoms with E-state index in [4.69, 9.17) is 5.73 Å². The summed E-state index contributed by atoms with van der Waals surface area (Å²) in [5, 5.41) is 10.1. The quantitative estimate of drug-likeness (QED) is 0.657. The number of aryl methyl sites for hydroxylation is 1. The number of unbranched alkanes of at least 4 members (excludes halogenated alkanes) is 1. The van der Waals surface area contributed by atoms with E-state index in [-0.39, 0.29) is 12.4 Å². The van der Waals surface area contributed by atoms with E-state index >= 15 is 0 Å². The topological polar surface area (TPSA) is 67.6 Å². The smallest absolute Gasteiger partial charge is 0.0824 e. The third-order valence-corrected chi connectivity index (χ3v) is 1.35. The first-order valence-electron chi connectivity index (χ1n) is 3.49. The van der Waals surface area contributed by atoms with Crippen molar-refractivity contribution in [1.29, 1.82) is 0 Å². The van der Waals surface area contributed by atoms with Crippen LogP contribution in [0.4, 0.5) is 0 Å². The zero-order chi connectivity index (χ0) is 7.23. The average Bonchev–Trinajstić information content (AvgIpc) is 2.41. The lowest BCUT2D eigenvalue weighted by Crippen LogP contribution is -1.98. The SMILES string of the molecule is Cl.NCCCCc1c[nH]nn1. The molecule has 0 aliphatic carbocycles. The van der Waals surface area contributed by atoms with Crippen LogP contribution < -0.4 is 5.73 Å². The molecule has 1 aromatic rings. The van der Waals surface area contributed by atoms with Gasteiger partial charge in [-0.05, 0) is 25.8 Å². The molecule has 1 aromatic heterocycles. The van der Waals surface area contributed by atoms with Gasteiger partial charge in [0.25, 0.3) is 0 Å². The molecule has 4 nitrogen and oxygen atoms in total. The second kappa shape index (κ2) is 6.12. The number of rotatable bonds is 4. The highest BCUT2D eigenvalue weighted by atomic mass is 35.5. The number of halogens is 1.